The van der Waals surface area contributed by atoms with Crippen LogP contribution in [0.25, 0.3) is 11.5 Å². The summed E-state index contributed by atoms with van der Waals surface area (Å²) in [6, 6.07) is 3.70. The van der Waals surface area contributed by atoms with Crippen LogP contribution in [0.5, 0.6) is 0 Å². The molecule has 4 fully saturated rings. The average molecular weight is 345 g/mol. The molecule has 1 aromatic heterocycles. The number of halogens is 2. The number of hydrogen-bond acceptors (Lipinski definition) is 4. The largest absolute Gasteiger partial charge is 0.334 e. The lowest BCUT2D eigenvalue weighted by Crippen LogP contribution is -2.58. The topological polar surface area (TPSA) is 51.0 Å². The van der Waals surface area contributed by atoms with Crippen molar-refractivity contribution in [2.75, 3.05) is 0 Å². The van der Waals surface area contributed by atoms with Gasteiger partial charge in [0.05, 0.1) is 6.54 Å². The molecule has 0 amide bonds. The van der Waals surface area contributed by atoms with Crippen LogP contribution in [0, 0.1) is 29.4 Å². The standard InChI is InChI=1S/C19H21F2N3O/c20-14-2-1-3-15(21)17(14)18-23-16(24-25-18)10-22-19-7-11-4-12(8-19)6-13(5-11)9-19/h1-3,11-13,22H,4-10H2. The first-order valence-corrected chi connectivity index (χ1v) is 9.12. The van der Waals surface area contributed by atoms with Crippen molar-refractivity contribution < 1.29 is 13.3 Å². The maximum Gasteiger partial charge on any atom is 0.263 e. The molecule has 1 heterocycles. The van der Waals surface area contributed by atoms with Crippen molar-refractivity contribution in [3.8, 4) is 11.5 Å². The fourth-order valence-corrected chi connectivity index (χ4v) is 5.72. The molecule has 4 nitrogen and oxygen atoms in total. The molecular formula is C19H21F2N3O. The Morgan fingerprint density at radius 1 is 1.04 bits per heavy atom. The Bertz CT molecular complexity index is 748. The van der Waals surface area contributed by atoms with Crippen molar-refractivity contribution in [3.63, 3.8) is 0 Å². The Morgan fingerprint density at radius 3 is 2.24 bits per heavy atom. The maximum absolute atomic E-state index is 13.9. The minimum Gasteiger partial charge on any atom is -0.334 e. The van der Waals surface area contributed by atoms with E-state index in [0.29, 0.717) is 12.4 Å². The van der Waals surface area contributed by atoms with Crippen LogP contribution in [-0.2, 0) is 6.54 Å². The zero-order chi connectivity index (χ0) is 17.0. The van der Waals surface area contributed by atoms with Crippen LogP contribution in [0.2, 0.25) is 0 Å². The third-order valence-corrected chi connectivity index (χ3v) is 6.30. The number of benzene rings is 1. The van der Waals surface area contributed by atoms with Gasteiger partial charge in [-0.2, -0.15) is 4.98 Å². The fourth-order valence-electron chi connectivity index (χ4n) is 5.72. The monoisotopic (exact) mass is 345 g/mol. The van der Waals surface area contributed by atoms with E-state index >= 15 is 0 Å². The molecule has 25 heavy (non-hydrogen) atoms. The van der Waals surface area contributed by atoms with E-state index in [4.69, 9.17) is 4.52 Å². The quantitative estimate of drug-likeness (QED) is 0.907. The summed E-state index contributed by atoms with van der Waals surface area (Å²) >= 11 is 0. The third-order valence-electron chi connectivity index (χ3n) is 6.30. The molecule has 0 spiro atoms. The van der Waals surface area contributed by atoms with Gasteiger partial charge in [0.1, 0.15) is 17.2 Å². The van der Waals surface area contributed by atoms with Gasteiger partial charge in [0, 0.05) is 5.54 Å². The molecule has 0 atom stereocenters. The predicted octanol–water partition coefficient (Wildman–Crippen LogP) is 4.07. The van der Waals surface area contributed by atoms with Gasteiger partial charge >= 0.3 is 0 Å². The molecule has 0 unspecified atom stereocenters. The summed E-state index contributed by atoms with van der Waals surface area (Å²) in [6.07, 6.45) is 7.85. The highest BCUT2D eigenvalue weighted by Crippen LogP contribution is 2.55. The average Bonchev–Trinajstić information content (AvgIpc) is 3.00. The van der Waals surface area contributed by atoms with Gasteiger partial charge in [-0.25, -0.2) is 8.78 Å². The Labute approximate surface area is 145 Å². The lowest BCUT2D eigenvalue weighted by atomic mass is 9.53. The first-order valence-electron chi connectivity index (χ1n) is 9.12. The zero-order valence-corrected chi connectivity index (χ0v) is 14.0. The smallest absolute Gasteiger partial charge is 0.263 e. The SMILES string of the molecule is Fc1cccc(F)c1-c1nc(CNC23CC4CC(CC(C4)C2)C3)no1. The van der Waals surface area contributed by atoms with Gasteiger partial charge in [0.2, 0.25) is 0 Å². The summed E-state index contributed by atoms with van der Waals surface area (Å²) in [5.74, 6) is 1.53. The van der Waals surface area contributed by atoms with E-state index < -0.39 is 11.6 Å². The third kappa shape index (κ3) is 2.67. The molecule has 0 aliphatic heterocycles. The maximum atomic E-state index is 13.9. The summed E-state index contributed by atoms with van der Waals surface area (Å²) in [5.41, 5.74) is -0.0604. The van der Waals surface area contributed by atoms with Crippen LogP contribution in [0.4, 0.5) is 8.78 Å². The van der Waals surface area contributed by atoms with Crippen molar-refractivity contribution in [1.29, 1.82) is 0 Å². The molecule has 4 saturated carbocycles. The van der Waals surface area contributed by atoms with Crippen LogP contribution in [0.3, 0.4) is 0 Å². The number of nitrogens with one attached hydrogen (secondary N) is 1. The molecule has 132 valence electrons. The second kappa shape index (κ2) is 5.59. The Balaban J connectivity index is 1.32. The van der Waals surface area contributed by atoms with Crippen LogP contribution < -0.4 is 5.32 Å². The number of hydrogen-bond donors (Lipinski definition) is 1. The van der Waals surface area contributed by atoms with E-state index in [-0.39, 0.29) is 17.0 Å². The Kier molecular flexibility index (Phi) is 3.45. The summed E-state index contributed by atoms with van der Waals surface area (Å²) in [4.78, 5) is 4.20. The van der Waals surface area contributed by atoms with Crippen LogP contribution in [-0.4, -0.2) is 15.7 Å². The van der Waals surface area contributed by atoms with Crippen molar-refractivity contribution in [3.05, 3.63) is 35.7 Å². The fraction of sp³-hybridized carbons (Fsp3) is 0.579. The molecule has 0 saturated heterocycles. The summed E-state index contributed by atoms with van der Waals surface area (Å²) in [5, 5.41) is 7.58. The minimum absolute atomic E-state index is 0.0992. The van der Waals surface area contributed by atoms with Gasteiger partial charge in [-0.3, -0.25) is 0 Å². The van der Waals surface area contributed by atoms with E-state index in [1.165, 1.54) is 56.7 Å². The number of aromatic nitrogens is 2. The molecule has 4 aliphatic carbocycles. The lowest BCUT2D eigenvalue weighted by molar-refractivity contribution is -0.0209. The molecule has 4 bridgehead atoms. The minimum atomic E-state index is -0.691. The van der Waals surface area contributed by atoms with E-state index in [9.17, 15) is 8.78 Å². The van der Waals surface area contributed by atoms with Crippen molar-refractivity contribution in [2.24, 2.45) is 17.8 Å². The van der Waals surface area contributed by atoms with Crippen molar-refractivity contribution in [1.82, 2.24) is 15.5 Å². The highest BCUT2D eigenvalue weighted by molar-refractivity contribution is 5.54. The molecule has 1 aromatic carbocycles. The second-order valence-electron chi connectivity index (χ2n) is 8.16. The van der Waals surface area contributed by atoms with Gasteiger partial charge in [-0.05, 0) is 68.4 Å². The number of rotatable bonds is 4. The number of nitrogens with zero attached hydrogens (tertiary/aromatic N) is 2. The van der Waals surface area contributed by atoms with E-state index in [2.05, 4.69) is 15.5 Å². The van der Waals surface area contributed by atoms with Crippen molar-refractivity contribution >= 4 is 0 Å². The summed E-state index contributed by atoms with van der Waals surface area (Å²) < 4.78 is 32.8. The Hall–Kier alpha value is -1.82. The van der Waals surface area contributed by atoms with E-state index in [1.807, 2.05) is 0 Å². The van der Waals surface area contributed by atoms with Gasteiger partial charge in [0.15, 0.2) is 5.82 Å². The molecule has 6 heteroatoms. The molecule has 1 N–H and O–H groups in total. The van der Waals surface area contributed by atoms with Crippen LogP contribution >= 0.6 is 0 Å². The molecule has 0 radical (unpaired) electrons. The normalized spacial score (nSPS) is 33.1. The molecule has 6 rings (SSSR count). The van der Waals surface area contributed by atoms with E-state index in [0.717, 1.165) is 17.8 Å². The highest BCUT2D eigenvalue weighted by atomic mass is 19.1. The molecular weight excluding hydrogens is 324 g/mol. The summed E-state index contributed by atoms with van der Waals surface area (Å²) in [7, 11) is 0. The first-order chi connectivity index (χ1) is 12.1. The van der Waals surface area contributed by atoms with Gasteiger partial charge in [-0.1, -0.05) is 11.2 Å². The van der Waals surface area contributed by atoms with Gasteiger partial charge < -0.3 is 9.84 Å². The molecule has 4 aliphatic rings. The second-order valence-corrected chi connectivity index (χ2v) is 8.16. The van der Waals surface area contributed by atoms with Crippen LogP contribution in [0.1, 0.15) is 44.3 Å². The van der Waals surface area contributed by atoms with Gasteiger partial charge in [-0.15, -0.1) is 0 Å². The lowest BCUT2D eigenvalue weighted by Gasteiger charge is -2.57. The Morgan fingerprint density at radius 2 is 1.64 bits per heavy atom. The summed E-state index contributed by atoms with van der Waals surface area (Å²) in [6.45, 7) is 0.478. The van der Waals surface area contributed by atoms with Crippen molar-refractivity contribution in [2.45, 2.75) is 50.6 Å². The van der Waals surface area contributed by atoms with Gasteiger partial charge in [0.25, 0.3) is 5.89 Å². The first kappa shape index (κ1) is 15.4. The molecule has 2 aromatic rings. The predicted molar refractivity (Wildman–Crippen MR) is 87.4 cm³/mol. The van der Waals surface area contributed by atoms with E-state index in [1.54, 1.807) is 0 Å². The van der Waals surface area contributed by atoms with Crippen LogP contribution in [0.15, 0.2) is 22.7 Å². The highest BCUT2D eigenvalue weighted by Gasteiger charge is 2.50. The zero-order valence-electron chi connectivity index (χ0n) is 14.0.